The molecule has 0 radical (unpaired) electrons. The van der Waals surface area contributed by atoms with Gasteiger partial charge in [-0.2, -0.15) is 0 Å². The Bertz CT molecular complexity index is 1970. The van der Waals surface area contributed by atoms with E-state index in [9.17, 15) is 46.1 Å². The van der Waals surface area contributed by atoms with Crippen molar-refractivity contribution in [2.45, 2.75) is 30.7 Å². The first-order chi connectivity index (χ1) is 19.0. The number of aliphatic hydroxyl groups excluding tert-OH is 2. The van der Waals surface area contributed by atoms with Crippen LogP contribution in [0.25, 0.3) is 42.0 Å². The minimum atomic E-state index is -2.33. The summed E-state index contributed by atoms with van der Waals surface area (Å²) in [5.41, 5.74) is -0.796. The molecule has 206 valence electrons. The number of hydrogen-bond acceptors (Lipinski definition) is 6. The highest BCUT2D eigenvalue weighted by molar-refractivity contribution is 7.26. The first-order valence-electron chi connectivity index (χ1n) is 11.8. The molecule has 2 aliphatic rings. The Morgan fingerprint density at radius 3 is 2.15 bits per heavy atom. The standard InChI is InChI=1S/C26H14F6N2O5S/c27-5-13-19(32)21(35)22(36)26(39-13)34-12-3-10(30)8(28)1-6(12)15-17-18(25(38)33-24(17)37)16-7-2-9(29)11(31)4-14(7)40-23(16)20(15)34/h1-4,13,19,21-22,26,35-36H,5H2,(H,33,37,38)/t13-,19-,21+,22-,26?/m1/s1. The second kappa shape index (κ2) is 8.39. The van der Waals surface area contributed by atoms with Gasteiger partial charge in [0.1, 0.15) is 25.0 Å². The van der Waals surface area contributed by atoms with Gasteiger partial charge in [-0.05, 0) is 18.2 Å². The first kappa shape index (κ1) is 25.3. The average molecular weight is 580 g/mol. The molecule has 2 amide bonds. The van der Waals surface area contributed by atoms with Crippen LogP contribution in [0.1, 0.15) is 26.9 Å². The molecule has 40 heavy (non-hydrogen) atoms. The van der Waals surface area contributed by atoms with Gasteiger partial charge in [0.25, 0.3) is 11.8 Å². The quantitative estimate of drug-likeness (QED) is 0.211. The molecule has 7 rings (SSSR count). The van der Waals surface area contributed by atoms with E-state index in [2.05, 4.69) is 5.32 Å². The molecular weight excluding hydrogens is 566 g/mol. The fourth-order valence-corrected chi connectivity index (χ4v) is 6.99. The Labute approximate surface area is 222 Å². The highest BCUT2D eigenvalue weighted by Gasteiger charge is 2.47. The van der Waals surface area contributed by atoms with E-state index in [1.807, 2.05) is 0 Å². The summed E-state index contributed by atoms with van der Waals surface area (Å²) in [6.07, 6.45) is -10.2. The molecule has 1 unspecified atom stereocenters. The van der Waals surface area contributed by atoms with Crippen LogP contribution in [0.4, 0.5) is 26.3 Å². The van der Waals surface area contributed by atoms with Crippen LogP contribution in [0.5, 0.6) is 0 Å². The summed E-state index contributed by atoms with van der Waals surface area (Å²) >= 11 is 0.840. The SMILES string of the molecule is O=C1NC(=O)c2c1c1c3cc(F)c(F)cc3sc1c1c2c2cc(F)c(F)cc2n1C1O[C@H](CF)[C@@H](F)[C@H](O)[C@H]1O. The number of aliphatic hydroxyl groups is 2. The lowest BCUT2D eigenvalue weighted by molar-refractivity contribution is -0.229. The number of benzene rings is 3. The maximum absolute atomic E-state index is 14.6. The number of imide groups is 1. The zero-order valence-electron chi connectivity index (χ0n) is 19.6. The zero-order chi connectivity index (χ0) is 28.4. The molecule has 1 saturated heterocycles. The number of ether oxygens (including phenoxy) is 1. The molecule has 5 aromatic rings. The number of aromatic nitrogens is 1. The summed E-state index contributed by atoms with van der Waals surface area (Å²) in [5, 5.41) is 23.2. The molecule has 3 N–H and O–H groups in total. The summed E-state index contributed by atoms with van der Waals surface area (Å²) in [5.74, 6) is -6.94. The van der Waals surface area contributed by atoms with Crippen LogP contribution in [-0.2, 0) is 4.74 Å². The lowest BCUT2D eigenvalue weighted by atomic mass is 9.96. The van der Waals surface area contributed by atoms with Gasteiger partial charge in [-0.15, -0.1) is 11.3 Å². The van der Waals surface area contributed by atoms with Gasteiger partial charge in [-0.1, -0.05) is 0 Å². The summed E-state index contributed by atoms with van der Waals surface area (Å²) in [4.78, 5) is 26.1. The van der Waals surface area contributed by atoms with Gasteiger partial charge in [0.2, 0.25) is 0 Å². The first-order valence-corrected chi connectivity index (χ1v) is 12.6. The van der Waals surface area contributed by atoms with Crippen LogP contribution in [0.3, 0.4) is 0 Å². The summed E-state index contributed by atoms with van der Waals surface area (Å²) in [6.45, 7) is -1.41. The third-order valence-corrected chi connectivity index (χ3v) is 8.63. The van der Waals surface area contributed by atoms with Gasteiger partial charge in [-0.25, -0.2) is 26.3 Å². The van der Waals surface area contributed by atoms with Gasteiger partial charge in [0.05, 0.1) is 26.9 Å². The Kier molecular flexibility index (Phi) is 5.30. The van der Waals surface area contributed by atoms with Gasteiger partial charge in [-0.3, -0.25) is 14.9 Å². The van der Waals surface area contributed by atoms with Crippen molar-refractivity contribution in [3.05, 3.63) is 58.7 Å². The van der Waals surface area contributed by atoms with Crippen LogP contribution in [0.15, 0.2) is 24.3 Å². The summed E-state index contributed by atoms with van der Waals surface area (Å²) in [7, 11) is 0. The predicted molar refractivity (Wildman–Crippen MR) is 131 cm³/mol. The fourth-order valence-electron chi connectivity index (χ4n) is 5.73. The van der Waals surface area contributed by atoms with Crippen molar-refractivity contribution in [1.82, 2.24) is 9.88 Å². The van der Waals surface area contributed by atoms with Crippen molar-refractivity contribution in [2.24, 2.45) is 0 Å². The molecule has 0 saturated carbocycles. The maximum atomic E-state index is 14.6. The van der Waals surface area contributed by atoms with Crippen LogP contribution in [-0.4, -0.2) is 57.8 Å². The highest BCUT2D eigenvalue weighted by Crippen LogP contribution is 2.49. The molecule has 1 fully saturated rings. The minimum absolute atomic E-state index is 0.00556. The number of rotatable bonds is 2. The van der Waals surface area contributed by atoms with Crippen LogP contribution in [0.2, 0.25) is 0 Å². The molecule has 0 aliphatic carbocycles. The van der Waals surface area contributed by atoms with Crippen molar-refractivity contribution in [3.8, 4) is 0 Å². The summed E-state index contributed by atoms with van der Waals surface area (Å²) < 4.78 is 92.8. The molecule has 0 spiro atoms. The van der Waals surface area contributed by atoms with E-state index in [-0.39, 0.29) is 53.1 Å². The summed E-state index contributed by atoms with van der Waals surface area (Å²) in [6, 6.07) is 3.16. The monoisotopic (exact) mass is 580 g/mol. The van der Waals surface area contributed by atoms with E-state index in [0.29, 0.717) is 6.07 Å². The molecule has 7 nitrogen and oxygen atoms in total. The highest BCUT2D eigenvalue weighted by atomic mass is 32.1. The lowest BCUT2D eigenvalue weighted by Gasteiger charge is -2.39. The molecule has 2 aromatic heterocycles. The number of fused-ring (bicyclic) bond motifs is 10. The van der Waals surface area contributed by atoms with E-state index in [1.165, 1.54) is 0 Å². The van der Waals surface area contributed by atoms with Gasteiger partial charge < -0.3 is 19.5 Å². The number of nitrogens with zero attached hydrogens (tertiary/aromatic N) is 1. The van der Waals surface area contributed by atoms with E-state index in [0.717, 1.165) is 34.1 Å². The van der Waals surface area contributed by atoms with Crippen molar-refractivity contribution in [1.29, 1.82) is 0 Å². The van der Waals surface area contributed by atoms with E-state index in [1.54, 1.807) is 0 Å². The molecular formula is C26H14F6N2O5S. The van der Waals surface area contributed by atoms with Crippen molar-refractivity contribution in [3.63, 3.8) is 0 Å². The normalized spacial score (nSPS) is 25.1. The second-order valence-electron chi connectivity index (χ2n) is 9.62. The second-order valence-corrected chi connectivity index (χ2v) is 10.7. The third-order valence-electron chi connectivity index (χ3n) is 7.47. The maximum Gasteiger partial charge on any atom is 0.259 e. The number of carbonyl (C=O) groups is 2. The topological polar surface area (TPSA) is 101 Å². The third kappa shape index (κ3) is 3.12. The van der Waals surface area contributed by atoms with Gasteiger partial charge in [0, 0.05) is 32.3 Å². The van der Waals surface area contributed by atoms with Crippen LogP contribution in [0, 0.1) is 23.3 Å². The number of carbonyl (C=O) groups excluding carboxylic acids is 2. The molecule has 14 heteroatoms. The Morgan fingerprint density at radius 2 is 1.48 bits per heavy atom. The Morgan fingerprint density at radius 1 is 0.875 bits per heavy atom. The lowest BCUT2D eigenvalue weighted by Crippen LogP contribution is -2.54. The molecule has 0 bridgehead atoms. The smallest absolute Gasteiger partial charge is 0.259 e. The van der Waals surface area contributed by atoms with Crippen molar-refractivity contribution < 1.29 is 50.9 Å². The fraction of sp³-hybridized carbons (Fsp3) is 0.231. The zero-order valence-corrected chi connectivity index (χ0v) is 20.5. The van der Waals surface area contributed by atoms with Crippen LogP contribution >= 0.6 is 11.3 Å². The average Bonchev–Trinajstić information content (AvgIpc) is 3.52. The predicted octanol–water partition coefficient (Wildman–Crippen LogP) is 4.53. The number of amides is 2. The van der Waals surface area contributed by atoms with Gasteiger partial charge >= 0.3 is 0 Å². The molecule has 3 aromatic carbocycles. The van der Waals surface area contributed by atoms with Gasteiger partial charge in [0.15, 0.2) is 35.7 Å². The Balaban J connectivity index is 1.74. The number of halogens is 6. The molecule has 5 atom stereocenters. The molecule has 4 heterocycles. The molecule has 2 aliphatic heterocycles. The number of nitrogens with one attached hydrogen (secondary N) is 1. The van der Waals surface area contributed by atoms with E-state index in [4.69, 9.17) is 4.74 Å². The van der Waals surface area contributed by atoms with Crippen LogP contribution < -0.4 is 5.32 Å². The minimum Gasteiger partial charge on any atom is -0.387 e. The van der Waals surface area contributed by atoms with E-state index >= 15 is 0 Å². The Hall–Kier alpha value is -3.72. The van der Waals surface area contributed by atoms with Crippen molar-refractivity contribution in [2.75, 3.05) is 6.67 Å². The number of thiophene rings is 1. The van der Waals surface area contributed by atoms with E-state index < -0.39 is 72.5 Å². The largest absolute Gasteiger partial charge is 0.387 e. The van der Waals surface area contributed by atoms with Crippen molar-refractivity contribution >= 4 is 65.1 Å². The number of alkyl halides is 2. The number of hydrogen-bond donors (Lipinski definition) is 3.